The topological polar surface area (TPSA) is 70.6 Å². The number of aromatic nitrogens is 2. The van der Waals surface area contributed by atoms with Gasteiger partial charge < -0.3 is 15.0 Å². The number of hydrogen-bond donors (Lipinski definition) is 1. The molecule has 0 radical (unpaired) electrons. The van der Waals surface area contributed by atoms with Crippen LogP contribution in [0.25, 0.3) is 10.9 Å². The van der Waals surface area contributed by atoms with Gasteiger partial charge >= 0.3 is 0 Å². The number of anilines is 2. The largest absolute Gasteiger partial charge is 0.379 e. The van der Waals surface area contributed by atoms with Crippen LogP contribution in [0.5, 0.6) is 0 Å². The van der Waals surface area contributed by atoms with Gasteiger partial charge in [-0.2, -0.15) is 0 Å². The molecule has 0 spiro atoms. The molecule has 3 aromatic rings. The molecule has 2 aromatic carbocycles. The van der Waals surface area contributed by atoms with Crippen molar-refractivity contribution in [3.8, 4) is 0 Å². The van der Waals surface area contributed by atoms with Gasteiger partial charge in [-0.05, 0) is 51.1 Å². The number of amides is 1. The summed E-state index contributed by atoms with van der Waals surface area (Å²) in [6.45, 7) is 11.4. The lowest BCUT2D eigenvalue weighted by Gasteiger charge is -2.27. The Labute approximate surface area is 205 Å². The molecule has 0 unspecified atom stereocenters. The Bertz CT molecular complexity index is 1100. The van der Waals surface area contributed by atoms with E-state index < -0.39 is 0 Å². The van der Waals surface area contributed by atoms with Crippen molar-refractivity contribution in [2.24, 2.45) is 0 Å². The van der Waals surface area contributed by atoms with Crippen LogP contribution < -0.4 is 10.2 Å². The molecule has 1 fully saturated rings. The molecule has 2 heterocycles. The van der Waals surface area contributed by atoms with Crippen LogP contribution in [0, 0.1) is 0 Å². The van der Waals surface area contributed by atoms with Gasteiger partial charge in [0.05, 0.1) is 31.0 Å². The van der Waals surface area contributed by atoms with Gasteiger partial charge in [-0.15, -0.1) is 0 Å². The SMILES string of the molecule is CCN(c1ccc(NC(=O)CSc2nc(CN3CCOCC3)nc3ccccc23)cc1)C(C)C. The van der Waals surface area contributed by atoms with Crippen LogP contribution in [0.1, 0.15) is 26.6 Å². The van der Waals surface area contributed by atoms with Crippen molar-refractivity contribution in [2.45, 2.75) is 38.4 Å². The maximum absolute atomic E-state index is 12.7. The maximum atomic E-state index is 12.7. The van der Waals surface area contributed by atoms with Crippen molar-refractivity contribution in [2.75, 3.05) is 48.8 Å². The van der Waals surface area contributed by atoms with Gasteiger partial charge in [0.1, 0.15) is 10.9 Å². The molecule has 1 N–H and O–H groups in total. The van der Waals surface area contributed by atoms with E-state index in [-0.39, 0.29) is 11.7 Å². The lowest BCUT2D eigenvalue weighted by molar-refractivity contribution is -0.113. The van der Waals surface area contributed by atoms with E-state index in [4.69, 9.17) is 14.7 Å². The zero-order valence-electron chi connectivity index (χ0n) is 20.2. The molecular weight excluding hydrogens is 446 g/mol. The molecule has 7 nitrogen and oxygen atoms in total. The molecule has 0 bridgehead atoms. The first-order valence-electron chi connectivity index (χ1n) is 11.9. The Morgan fingerprint density at radius 3 is 2.56 bits per heavy atom. The number of rotatable bonds is 9. The van der Waals surface area contributed by atoms with Crippen molar-refractivity contribution in [1.29, 1.82) is 0 Å². The molecule has 1 saturated heterocycles. The monoisotopic (exact) mass is 479 g/mol. The van der Waals surface area contributed by atoms with Crippen molar-refractivity contribution in [1.82, 2.24) is 14.9 Å². The average Bonchev–Trinajstić information content (AvgIpc) is 2.84. The second kappa shape index (κ2) is 11.6. The first kappa shape index (κ1) is 24.4. The van der Waals surface area contributed by atoms with Gasteiger partial charge in [0.25, 0.3) is 0 Å². The second-order valence-corrected chi connectivity index (χ2v) is 9.58. The van der Waals surface area contributed by atoms with E-state index in [1.807, 2.05) is 36.4 Å². The van der Waals surface area contributed by atoms with E-state index >= 15 is 0 Å². The van der Waals surface area contributed by atoms with E-state index in [2.05, 4.69) is 48.0 Å². The van der Waals surface area contributed by atoms with Crippen LogP contribution in [0.2, 0.25) is 0 Å². The minimum absolute atomic E-state index is 0.0496. The highest BCUT2D eigenvalue weighted by Crippen LogP contribution is 2.26. The standard InChI is InChI=1S/C26H33N5O2S/c1-4-31(19(2)3)21-11-9-20(10-12-21)27-25(32)18-34-26-22-7-5-6-8-23(22)28-24(29-26)17-30-13-15-33-16-14-30/h5-12,19H,4,13-18H2,1-3H3,(H,27,32). The Morgan fingerprint density at radius 2 is 1.85 bits per heavy atom. The number of carbonyl (C=O) groups excluding carboxylic acids is 1. The molecule has 1 amide bonds. The maximum Gasteiger partial charge on any atom is 0.234 e. The summed E-state index contributed by atoms with van der Waals surface area (Å²) < 4.78 is 5.45. The molecule has 34 heavy (non-hydrogen) atoms. The molecule has 4 rings (SSSR count). The summed E-state index contributed by atoms with van der Waals surface area (Å²) in [5, 5.41) is 4.83. The summed E-state index contributed by atoms with van der Waals surface area (Å²) >= 11 is 1.45. The number of fused-ring (bicyclic) bond motifs is 1. The highest BCUT2D eigenvalue weighted by atomic mass is 32.2. The van der Waals surface area contributed by atoms with E-state index in [0.29, 0.717) is 12.6 Å². The van der Waals surface area contributed by atoms with Gasteiger partial charge in [0.15, 0.2) is 0 Å². The Kier molecular flexibility index (Phi) is 8.37. The Hall–Kier alpha value is -2.68. The molecular formula is C26H33N5O2S. The number of carbonyl (C=O) groups is 1. The van der Waals surface area contributed by atoms with E-state index in [9.17, 15) is 4.79 Å². The van der Waals surface area contributed by atoms with Gasteiger partial charge in [-0.25, -0.2) is 9.97 Å². The summed E-state index contributed by atoms with van der Waals surface area (Å²) in [6, 6.07) is 16.5. The molecule has 1 aliphatic rings. The zero-order valence-corrected chi connectivity index (χ0v) is 21.0. The highest BCUT2D eigenvalue weighted by Gasteiger charge is 2.16. The van der Waals surface area contributed by atoms with Gasteiger partial charge in [0, 0.05) is 42.4 Å². The molecule has 0 atom stereocenters. The van der Waals surface area contributed by atoms with Crippen LogP contribution >= 0.6 is 11.8 Å². The molecule has 0 saturated carbocycles. The van der Waals surface area contributed by atoms with Crippen LogP contribution in [-0.4, -0.2) is 65.4 Å². The second-order valence-electron chi connectivity index (χ2n) is 8.61. The predicted molar refractivity (Wildman–Crippen MR) is 140 cm³/mol. The lowest BCUT2D eigenvalue weighted by atomic mass is 10.2. The number of morpholine rings is 1. The third-order valence-electron chi connectivity index (χ3n) is 5.87. The van der Waals surface area contributed by atoms with Gasteiger partial charge in [-0.1, -0.05) is 30.0 Å². The van der Waals surface area contributed by atoms with Crippen LogP contribution in [-0.2, 0) is 16.1 Å². The molecule has 180 valence electrons. The van der Waals surface area contributed by atoms with E-state index in [1.54, 1.807) is 0 Å². The first-order chi connectivity index (χ1) is 16.5. The van der Waals surface area contributed by atoms with Crippen molar-refractivity contribution < 1.29 is 9.53 Å². The van der Waals surface area contributed by atoms with Crippen LogP contribution in [0.4, 0.5) is 11.4 Å². The van der Waals surface area contributed by atoms with Crippen LogP contribution in [0.3, 0.4) is 0 Å². The van der Waals surface area contributed by atoms with Crippen LogP contribution in [0.15, 0.2) is 53.6 Å². The minimum Gasteiger partial charge on any atom is -0.379 e. The number of hydrogen-bond acceptors (Lipinski definition) is 7. The number of nitrogens with one attached hydrogen (secondary N) is 1. The van der Waals surface area contributed by atoms with Gasteiger partial charge in [-0.3, -0.25) is 9.69 Å². The minimum atomic E-state index is -0.0496. The fourth-order valence-electron chi connectivity index (χ4n) is 4.15. The predicted octanol–water partition coefficient (Wildman–Crippen LogP) is 4.43. The number of para-hydroxylation sites is 1. The number of nitrogens with zero attached hydrogens (tertiary/aromatic N) is 4. The highest BCUT2D eigenvalue weighted by molar-refractivity contribution is 8.00. The molecule has 1 aromatic heterocycles. The third kappa shape index (κ3) is 6.25. The summed E-state index contributed by atoms with van der Waals surface area (Å²) in [4.78, 5) is 26.9. The quantitative estimate of drug-likeness (QED) is 0.360. The summed E-state index contributed by atoms with van der Waals surface area (Å²) in [6.07, 6.45) is 0. The number of ether oxygens (including phenoxy) is 1. The molecule has 0 aliphatic carbocycles. The van der Waals surface area contributed by atoms with Crippen molar-refractivity contribution >= 4 is 39.9 Å². The summed E-state index contributed by atoms with van der Waals surface area (Å²) in [5.41, 5.74) is 2.87. The molecule has 1 aliphatic heterocycles. The van der Waals surface area contributed by atoms with Crippen molar-refractivity contribution in [3.05, 3.63) is 54.4 Å². The smallest absolute Gasteiger partial charge is 0.234 e. The number of benzene rings is 2. The van der Waals surface area contributed by atoms with E-state index in [0.717, 1.165) is 66.0 Å². The fraction of sp³-hybridized carbons (Fsp3) is 0.423. The van der Waals surface area contributed by atoms with E-state index in [1.165, 1.54) is 11.8 Å². The first-order valence-corrected chi connectivity index (χ1v) is 12.9. The Balaban J connectivity index is 1.41. The zero-order chi connectivity index (χ0) is 23.9. The summed E-state index contributed by atoms with van der Waals surface area (Å²) in [7, 11) is 0. The normalized spacial score (nSPS) is 14.5. The van der Waals surface area contributed by atoms with Crippen molar-refractivity contribution in [3.63, 3.8) is 0 Å². The van der Waals surface area contributed by atoms with Gasteiger partial charge in [0.2, 0.25) is 5.91 Å². The fourth-order valence-corrected chi connectivity index (χ4v) is 4.98. The summed E-state index contributed by atoms with van der Waals surface area (Å²) in [5.74, 6) is 1.02. The lowest BCUT2D eigenvalue weighted by Crippen LogP contribution is -2.36. The average molecular weight is 480 g/mol. The molecule has 8 heteroatoms. The number of thioether (sulfide) groups is 1. The Morgan fingerprint density at radius 1 is 1.12 bits per heavy atom. The third-order valence-corrected chi connectivity index (χ3v) is 6.86.